The van der Waals surface area contributed by atoms with Crippen molar-refractivity contribution in [3.8, 4) is 0 Å². The summed E-state index contributed by atoms with van der Waals surface area (Å²) in [6, 6.07) is 4.36. The maximum atomic E-state index is 4.40. The van der Waals surface area contributed by atoms with Crippen LogP contribution >= 0.6 is 0 Å². The predicted molar refractivity (Wildman–Crippen MR) is 63.4 cm³/mol. The van der Waals surface area contributed by atoms with Gasteiger partial charge >= 0.3 is 0 Å². The zero-order chi connectivity index (χ0) is 10.8. The molecular formula is C11H15N5. The molecule has 0 amide bonds. The monoisotopic (exact) mass is 217 g/mol. The molecule has 2 aromatic rings. The SMILES string of the molecule is c1cnc2nc(N[C@H]3CCCNC3)[nH]c2c1. The molecule has 0 spiro atoms. The van der Waals surface area contributed by atoms with Crippen molar-refractivity contribution in [2.75, 3.05) is 18.4 Å². The minimum Gasteiger partial charge on any atom is -0.352 e. The van der Waals surface area contributed by atoms with Gasteiger partial charge in [0.25, 0.3) is 0 Å². The van der Waals surface area contributed by atoms with E-state index in [9.17, 15) is 0 Å². The molecule has 0 bridgehead atoms. The Kier molecular flexibility index (Phi) is 2.46. The summed E-state index contributed by atoms with van der Waals surface area (Å²) in [4.78, 5) is 11.8. The number of anilines is 1. The average molecular weight is 217 g/mol. The molecule has 0 aromatic carbocycles. The molecule has 2 aromatic heterocycles. The van der Waals surface area contributed by atoms with E-state index in [0.717, 1.165) is 30.2 Å². The highest BCUT2D eigenvalue weighted by molar-refractivity contribution is 5.72. The number of nitrogens with one attached hydrogen (secondary N) is 3. The molecule has 0 radical (unpaired) electrons. The first kappa shape index (κ1) is 9.59. The number of nitrogens with zero attached hydrogens (tertiary/aromatic N) is 2. The second kappa shape index (κ2) is 4.09. The van der Waals surface area contributed by atoms with Crippen molar-refractivity contribution in [1.29, 1.82) is 0 Å². The molecule has 3 N–H and O–H groups in total. The summed E-state index contributed by atoms with van der Waals surface area (Å²) in [6.07, 6.45) is 4.17. The van der Waals surface area contributed by atoms with Crippen LogP contribution in [0.1, 0.15) is 12.8 Å². The minimum absolute atomic E-state index is 0.467. The van der Waals surface area contributed by atoms with Crippen LogP contribution in [0.3, 0.4) is 0 Å². The van der Waals surface area contributed by atoms with Crippen molar-refractivity contribution in [2.45, 2.75) is 18.9 Å². The summed E-state index contributed by atoms with van der Waals surface area (Å²) in [7, 11) is 0. The van der Waals surface area contributed by atoms with E-state index in [-0.39, 0.29) is 0 Å². The molecule has 5 heteroatoms. The van der Waals surface area contributed by atoms with Crippen LogP contribution in [-0.4, -0.2) is 34.1 Å². The lowest BCUT2D eigenvalue weighted by Crippen LogP contribution is -2.38. The summed E-state index contributed by atoms with van der Waals surface area (Å²) in [5, 5.41) is 6.77. The number of H-pyrrole nitrogens is 1. The molecule has 1 aliphatic rings. The summed E-state index contributed by atoms with van der Waals surface area (Å²) < 4.78 is 0. The number of aromatic nitrogens is 3. The molecule has 0 saturated carbocycles. The molecule has 3 rings (SSSR count). The quantitative estimate of drug-likeness (QED) is 0.705. The standard InChI is InChI=1S/C11H15N5/c1-3-8(7-12-5-1)14-11-15-9-4-2-6-13-10(9)16-11/h2,4,6,8,12H,1,3,5,7H2,(H2,13,14,15,16)/t8-/m0/s1. The summed E-state index contributed by atoms with van der Waals surface area (Å²) in [5.74, 6) is 0.822. The Balaban J connectivity index is 1.78. The van der Waals surface area contributed by atoms with Gasteiger partial charge in [-0.25, -0.2) is 4.98 Å². The van der Waals surface area contributed by atoms with Crippen LogP contribution < -0.4 is 10.6 Å². The van der Waals surface area contributed by atoms with Gasteiger partial charge in [0.1, 0.15) is 0 Å². The number of imidazole rings is 1. The average Bonchev–Trinajstić information content (AvgIpc) is 2.72. The van der Waals surface area contributed by atoms with Crippen molar-refractivity contribution in [1.82, 2.24) is 20.3 Å². The molecule has 3 heterocycles. The van der Waals surface area contributed by atoms with E-state index in [1.54, 1.807) is 6.20 Å². The Bertz CT molecular complexity index is 439. The lowest BCUT2D eigenvalue weighted by Gasteiger charge is -2.23. The maximum Gasteiger partial charge on any atom is 0.202 e. The molecule has 1 saturated heterocycles. The van der Waals surface area contributed by atoms with Gasteiger partial charge in [0.2, 0.25) is 5.95 Å². The van der Waals surface area contributed by atoms with Gasteiger partial charge in [-0.05, 0) is 31.5 Å². The van der Waals surface area contributed by atoms with Crippen LogP contribution in [0.25, 0.3) is 11.2 Å². The normalized spacial score (nSPS) is 21.1. The zero-order valence-corrected chi connectivity index (χ0v) is 9.03. The summed E-state index contributed by atoms with van der Waals surface area (Å²) in [6.45, 7) is 2.13. The number of fused-ring (bicyclic) bond motifs is 1. The fourth-order valence-corrected chi connectivity index (χ4v) is 2.08. The fraction of sp³-hybridized carbons (Fsp3) is 0.455. The van der Waals surface area contributed by atoms with E-state index in [4.69, 9.17) is 0 Å². The molecule has 0 unspecified atom stereocenters. The topological polar surface area (TPSA) is 65.6 Å². The molecule has 5 nitrogen and oxygen atoms in total. The first-order valence-electron chi connectivity index (χ1n) is 5.70. The van der Waals surface area contributed by atoms with Gasteiger partial charge in [0.05, 0.1) is 5.52 Å². The maximum absolute atomic E-state index is 4.40. The van der Waals surface area contributed by atoms with Gasteiger partial charge in [0.15, 0.2) is 5.65 Å². The van der Waals surface area contributed by atoms with Gasteiger partial charge in [-0.15, -0.1) is 0 Å². The van der Waals surface area contributed by atoms with Crippen LogP contribution in [0.5, 0.6) is 0 Å². The van der Waals surface area contributed by atoms with E-state index >= 15 is 0 Å². The molecule has 16 heavy (non-hydrogen) atoms. The van der Waals surface area contributed by atoms with Crippen LogP contribution in [-0.2, 0) is 0 Å². The Morgan fingerprint density at radius 2 is 2.44 bits per heavy atom. The molecular weight excluding hydrogens is 202 g/mol. The third kappa shape index (κ3) is 1.86. The summed E-state index contributed by atoms with van der Waals surface area (Å²) in [5.41, 5.74) is 1.75. The van der Waals surface area contributed by atoms with Crippen molar-refractivity contribution in [3.05, 3.63) is 18.3 Å². The number of hydrogen-bond acceptors (Lipinski definition) is 4. The second-order valence-electron chi connectivity index (χ2n) is 4.15. The third-order valence-corrected chi connectivity index (χ3v) is 2.90. The lowest BCUT2D eigenvalue weighted by atomic mass is 10.1. The van der Waals surface area contributed by atoms with E-state index in [1.165, 1.54) is 12.8 Å². The van der Waals surface area contributed by atoms with Gasteiger partial charge in [-0.2, -0.15) is 4.98 Å². The van der Waals surface area contributed by atoms with Crippen LogP contribution in [0, 0.1) is 0 Å². The first-order chi connectivity index (χ1) is 7.92. The predicted octanol–water partition coefficient (Wildman–Crippen LogP) is 1.12. The molecule has 1 aliphatic heterocycles. The number of pyridine rings is 1. The van der Waals surface area contributed by atoms with Gasteiger partial charge in [-0.1, -0.05) is 0 Å². The molecule has 1 fully saturated rings. The number of aromatic amines is 1. The van der Waals surface area contributed by atoms with E-state index in [0.29, 0.717) is 6.04 Å². The summed E-state index contributed by atoms with van der Waals surface area (Å²) >= 11 is 0. The van der Waals surface area contributed by atoms with Crippen LogP contribution in [0.15, 0.2) is 18.3 Å². The molecule has 0 aliphatic carbocycles. The third-order valence-electron chi connectivity index (χ3n) is 2.90. The van der Waals surface area contributed by atoms with Gasteiger partial charge in [-0.3, -0.25) is 0 Å². The largest absolute Gasteiger partial charge is 0.352 e. The Morgan fingerprint density at radius 1 is 1.44 bits per heavy atom. The van der Waals surface area contributed by atoms with Gasteiger partial charge < -0.3 is 15.6 Å². The highest BCUT2D eigenvalue weighted by atomic mass is 15.2. The fourth-order valence-electron chi connectivity index (χ4n) is 2.08. The van der Waals surface area contributed by atoms with Gasteiger partial charge in [0, 0.05) is 18.8 Å². The lowest BCUT2D eigenvalue weighted by molar-refractivity contribution is 0.478. The highest BCUT2D eigenvalue weighted by Gasteiger charge is 2.14. The van der Waals surface area contributed by atoms with E-state index in [2.05, 4.69) is 25.6 Å². The highest BCUT2D eigenvalue weighted by Crippen LogP contribution is 2.13. The number of piperidine rings is 1. The molecule has 1 atom stereocenters. The number of rotatable bonds is 2. The smallest absolute Gasteiger partial charge is 0.202 e. The van der Waals surface area contributed by atoms with Crippen molar-refractivity contribution in [3.63, 3.8) is 0 Å². The minimum atomic E-state index is 0.467. The van der Waals surface area contributed by atoms with Crippen molar-refractivity contribution < 1.29 is 0 Å². The van der Waals surface area contributed by atoms with E-state index in [1.807, 2.05) is 12.1 Å². The zero-order valence-electron chi connectivity index (χ0n) is 9.03. The van der Waals surface area contributed by atoms with Crippen molar-refractivity contribution in [2.24, 2.45) is 0 Å². The first-order valence-corrected chi connectivity index (χ1v) is 5.70. The Morgan fingerprint density at radius 3 is 3.25 bits per heavy atom. The Labute approximate surface area is 93.7 Å². The van der Waals surface area contributed by atoms with Crippen molar-refractivity contribution >= 4 is 17.1 Å². The second-order valence-corrected chi connectivity index (χ2v) is 4.15. The van der Waals surface area contributed by atoms with Crippen LogP contribution in [0.4, 0.5) is 5.95 Å². The number of hydrogen-bond donors (Lipinski definition) is 3. The van der Waals surface area contributed by atoms with E-state index < -0.39 is 0 Å². The Hall–Kier alpha value is -1.62. The molecule has 84 valence electrons. The van der Waals surface area contributed by atoms with Crippen LogP contribution in [0.2, 0.25) is 0 Å².